The maximum atomic E-state index is 10.6. The number of esters is 1. The molecule has 6 heteroatoms. The van der Waals surface area contributed by atoms with Gasteiger partial charge in [0.05, 0.1) is 6.61 Å². The molecule has 88 valence electrons. The molecule has 0 saturated heterocycles. The number of rotatable bonds is 8. The quantitative estimate of drug-likeness (QED) is 0.288. The maximum Gasteiger partial charge on any atom is 0.330 e. The minimum atomic E-state index is -3.84. The molecule has 0 aliphatic carbocycles. The van der Waals surface area contributed by atoms with E-state index in [2.05, 4.69) is 6.58 Å². The second-order valence-corrected chi connectivity index (χ2v) is 4.95. The highest BCUT2D eigenvalue weighted by Gasteiger charge is 2.10. The highest BCUT2D eigenvalue weighted by Crippen LogP contribution is 2.35. The first-order valence-corrected chi connectivity index (χ1v) is 6.59. The molecule has 15 heavy (non-hydrogen) atoms. The number of carbonyl (C=O) groups is 1. The van der Waals surface area contributed by atoms with E-state index in [1.165, 1.54) is 0 Å². The summed E-state index contributed by atoms with van der Waals surface area (Å²) in [6, 6.07) is 0. The van der Waals surface area contributed by atoms with Crippen LogP contribution < -0.4 is 0 Å². The van der Waals surface area contributed by atoms with Gasteiger partial charge < -0.3 is 14.5 Å². The van der Waals surface area contributed by atoms with Gasteiger partial charge in [0.2, 0.25) is 0 Å². The van der Waals surface area contributed by atoms with Crippen LogP contribution in [0.5, 0.6) is 0 Å². The summed E-state index contributed by atoms with van der Waals surface area (Å²) in [5, 5.41) is 0. The van der Waals surface area contributed by atoms with E-state index in [1.54, 1.807) is 0 Å². The van der Waals surface area contributed by atoms with Crippen LogP contribution in [0.3, 0.4) is 0 Å². The van der Waals surface area contributed by atoms with Crippen LogP contribution in [0.4, 0.5) is 0 Å². The molecule has 0 saturated carbocycles. The molecule has 0 bridgehead atoms. The van der Waals surface area contributed by atoms with Crippen LogP contribution in [-0.4, -0.2) is 28.5 Å². The van der Waals surface area contributed by atoms with Gasteiger partial charge in [-0.15, -0.1) is 0 Å². The minimum Gasteiger partial charge on any atom is -0.463 e. The van der Waals surface area contributed by atoms with Gasteiger partial charge in [0.1, 0.15) is 0 Å². The predicted molar refractivity (Wildman–Crippen MR) is 56.5 cm³/mol. The van der Waals surface area contributed by atoms with Crippen molar-refractivity contribution in [1.29, 1.82) is 0 Å². The largest absolute Gasteiger partial charge is 0.463 e. The van der Waals surface area contributed by atoms with Gasteiger partial charge in [0.25, 0.3) is 0 Å². The van der Waals surface area contributed by atoms with Crippen LogP contribution in [0, 0.1) is 0 Å². The summed E-state index contributed by atoms with van der Waals surface area (Å²) >= 11 is 0. The second kappa shape index (κ2) is 7.63. The fraction of sp³-hybridized carbons (Fsp3) is 0.667. The zero-order valence-electron chi connectivity index (χ0n) is 8.59. The molecule has 0 aliphatic heterocycles. The number of ether oxygens (including phenoxy) is 1. The van der Waals surface area contributed by atoms with Crippen LogP contribution in [-0.2, 0) is 14.1 Å². The fourth-order valence-electron chi connectivity index (χ4n) is 1.01. The van der Waals surface area contributed by atoms with Gasteiger partial charge >= 0.3 is 13.6 Å². The van der Waals surface area contributed by atoms with Crippen LogP contribution in [0.2, 0.25) is 0 Å². The molecule has 0 heterocycles. The van der Waals surface area contributed by atoms with E-state index in [1.807, 2.05) is 0 Å². The first-order chi connectivity index (χ1) is 6.95. The SMILES string of the molecule is C=CC(=O)OCCCCCCP(=O)(O)O. The molecular formula is C9H17O5P. The maximum absolute atomic E-state index is 10.6. The van der Waals surface area contributed by atoms with Crippen LogP contribution >= 0.6 is 7.60 Å². The normalized spacial score (nSPS) is 11.1. The molecule has 0 fully saturated rings. The van der Waals surface area contributed by atoms with E-state index in [0.717, 1.165) is 18.9 Å². The Morgan fingerprint density at radius 3 is 2.40 bits per heavy atom. The summed E-state index contributed by atoms with van der Waals surface area (Å²) in [6.45, 7) is 3.59. The lowest BCUT2D eigenvalue weighted by molar-refractivity contribution is -0.137. The fourth-order valence-corrected chi connectivity index (χ4v) is 1.64. The number of hydrogen-bond acceptors (Lipinski definition) is 3. The monoisotopic (exact) mass is 236 g/mol. The molecule has 5 nitrogen and oxygen atoms in total. The zero-order valence-corrected chi connectivity index (χ0v) is 9.49. The smallest absolute Gasteiger partial charge is 0.330 e. The van der Waals surface area contributed by atoms with Gasteiger partial charge in [-0.25, -0.2) is 4.79 Å². The van der Waals surface area contributed by atoms with Crippen molar-refractivity contribution >= 4 is 13.6 Å². The first kappa shape index (κ1) is 14.4. The first-order valence-electron chi connectivity index (χ1n) is 4.79. The number of hydrogen-bond donors (Lipinski definition) is 2. The molecule has 0 aromatic rings. The van der Waals surface area contributed by atoms with Crippen molar-refractivity contribution in [2.24, 2.45) is 0 Å². The highest BCUT2D eigenvalue weighted by molar-refractivity contribution is 7.51. The van der Waals surface area contributed by atoms with Crippen molar-refractivity contribution in [2.75, 3.05) is 12.8 Å². The van der Waals surface area contributed by atoms with Gasteiger partial charge in [-0.1, -0.05) is 19.4 Å². The third kappa shape index (κ3) is 11.3. The Labute approximate surface area is 89.3 Å². The topological polar surface area (TPSA) is 83.8 Å². The van der Waals surface area contributed by atoms with Gasteiger partial charge in [-0.3, -0.25) is 4.57 Å². The summed E-state index contributed by atoms with van der Waals surface area (Å²) in [4.78, 5) is 27.7. The van der Waals surface area contributed by atoms with Gasteiger partial charge in [0.15, 0.2) is 0 Å². The Bertz CT molecular complexity index is 245. The lowest BCUT2D eigenvalue weighted by Gasteiger charge is -2.03. The van der Waals surface area contributed by atoms with Crippen LogP contribution in [0.25, 0.3) is 0 Å². The number of unbranched alkanes of at least 4 members (excludes halogenated alkanes) is 3. The molecule has 0 radical (unpaired) electrons. The molecule has 0 rings (SSSR count). The molecule has 2 N–H and O–H groups in total. The van der Waals surface area contributed by atoms with E-state index in [9.17, 15) is 9.36 Å². The second-order valence-electron chi connectivity index (χ2n) is 3.17. The standard InChI is InChI=1S/C9H17O5P/c1-2-9(10)14-7-5-3-4-6-8-15(11,12)13/h2H,1,3-8H2,(H2,11,12,13). The Kier molecular flexibility index (Phi) is 7.30. The molecule has 0 amide bonds. The molecule has 0 aliphatic rings. The Morgan fingerprint density at radius 1 is 1.27 bits per heavy atom. The van der Waals surface area contributed by atoms with Crippen molar-refractivity contribution in [1.82, 2.24) is 0 Å². The van der Waals surface area contributed by atoms with Crippen molar-refractivity contribution < 1.29 is 23.9 Å². The van der Waals surface area contributed by atoms with Crippen molar-refractivity contribution in [3.8, 4) is 0 Å². The zero-order chi connectivity index (χ0) is 11.7. The summed E-state index contributed by atoms with van der Waals surface area (Å²) in [5.74, 6) is -0.440. The number of carbonyl (C=O) groups excluding carboxylic acids is 1. The van der Waals surface area contributed by atoms with Gasteiger partial charge in [0, 0.05) is 12.2 Å². The van der Waals surface area contributed by atoms with Crippen LogP contribution in [0.15, 0.2) is 12.7 Å². The highest BCUT2D eigenvalue weighted by atomic mass is 31.2. The van der Waals surface area contributed by atoms with E-state index in [4.69, 9.17) is 14.5 Å². The molecule has 0 spiro atoms. The molecule has 0 atom stereocenters. The van der Waals surface area contributed by atoms with Gasteiger partial charge in [-0.05, 0) is 12.8 Å². The summed E-state index contributed by atoms with van der Waals surface area (Å²) < 4.78 is 15.2. The van der Waals surface area contributed by atoms with Crippen molar-refractivity contribution in [2.45, 2.75) is 25.7 Å². The summed E-state index contributed by atoms with van der Waals surface area (Å²) in [7, 11) is -3.84. The third-order valence-electron chi connectivity index (χ3n) is 1.75. The molecule has 0 aromatic heterocycles. The average Bonchev–Trinajstić information content (AvgIpc) is 2.14. The summed E-state index contributed by atoms with van der Waals surface area (Å²) in [5.41, 5.74) is 0. The van der Waals surface area contributed by atoms with Crippen molar-refractivity contribution in [3.05, 3.63) is 12.7 Å². The van der Waals surface area contributed by atoms with Crippen molar-refractivity contribution in [3.63, 3.8) is 0 Å². The van der Waals surface area contributed by atoms with E-state index in [0.29, 0.717) is 19.4 Å². The van der Waals surface area contributed by atoms with Gasteiger partial charge in [-0.2, -0.15) is 0 Å². The Hall–Kier alpha value is -0.640. The predicted octanol–water partition coefficient (Wildman–Crippen LogP) is 1.45. The van der Waals surface area contributed by atoms with E-state index < -0.39 is 13.6 Å². The Morgan fingerprint density at radius 2 is 1.87 bits per heavy atom. The molecule has 0 unspecified atom stereocenters. The van der Waals surface area contributed by atoms with E-state index >= 15 is 0 Å². The van der Waals surface area contributed by atoms with E-state index in [-0.39, 0.29) is 6.16 Å². The summed E-state index contributed by atoms with van der Waals surface area (Å²) in [6.07, 6.45) is 3.77. The Balaban J connectivity index is 3.22. The average molecular weight is 236 g/mol. The minimum absolute atomic E-state index is 0.0700. The third-order valence-corrected chi connectivity index (χ3v) is 2.65. The molecule has 0 aromatic carbocycles. The molecular weight excluding hydrogens is 219 g/mol. The lowest BCUT2D eigenvalue weighted by Crippen LogP contribution is -2.01. The van der Waals surface area contributed by atoms with Crippen LogP contribution in [0.1, 0.15) is 25.7 Å². The lowest BCUT2D eigenvalue weighted by atomic mass is 10.2.